The van der Waals surface area contributed by atoms with E-state index in [0.29, 0.717) is 17.3 Å². The van der Waals surface area contributed by atoms with Gasteiger partial charge in [-0.05, 0) is 24.9 Å². The number of nitrogens with two attached hydrogens (primary N) is 1. The third kappa shape index (κ3) is 2.76. The summed E-state index contributed by atoms with van der Waals surface area (Å²) in [7, 11) is 1.57. The molecule has 0 fully saturated rings. The molecule has 3 N–H and O–H groups in total. The van der Waals surface area contributed by atoms with Crippen LogP contribution >= 0.6 is 11.6 Å². The quantitative estimate of drug-likeness (QED) is 0.834. The zero-order chi connectivity index (χ0) is 11.4. The first kappa shape index (κ1) is 12.1. The molecule has 1 rings (SSSR count). The Morgan fingerprint density at radius 2 is 2.20 bits per heavy atom. The summed E-state index contributed by atoms with van der Waals surface area (Å²) in [6.45, 7) is 2.58. The number of aromatic hydroxyl groups is 1. The number of hydrogen-bond donors (Lipinski definition) is 2. The van der Waals surface area contributed by atoms with E-state index in [4.69, 9.17) is 22.1 Å². The summed E-state index contributed by atoms with van der Waals surface area (Å²) in [6, 6.07) is 3.39. The van der Waals surface area contributed by atoms with Crippen LogP contribution in [0, 0.1) is 0 Å². The monoisotopic (exact) mass is 229 g/mol. The van der Waals surface area contributed by atoms with Crippen molar-refractivity contribution in [3.63, 3.8) is 0 Å². The molecule has 0 saturated carbocycles. The molecule has 0 amide bonds. The van der Waals surface area contributed by atoms with Crippen LogP contribution in [0.2, 0.25) is 5.02 Å². The van der Waals surface area contributed by atoms with Crippen molar-refractivity contribution in [1.82, 2.24) is 0 Å². The van der Waals surface area contributed by atoms with Crippen molar-refractivity contribution >= 4 is 11.6 Å². The van der Waals surface area contributed by atoms with Crippen LogP contribution < -0.4 is 10.5 Å². The summed E-state index contributed by atoms with van der Waals surface area (Å²) in [5.74, 6) is 0.942. The smallest absolute Gasteiger partial charge is 0.137 e. The second kappa shape index (κ2) is 5.24. The summed E-state index contributed by atoms with van der Waals surface area (Å²) < 4.78 is 5.09. The van der Waals surface area contributed by atoms with E-state index in [1.807, 2.05) is 6.92 Å². The zero-order valence-corrected chi connectivity index (χ0v) is 9.71. The van der Waals surface area contributed by atoms with Crippen molar-refractivity contribution in [2.75, 3.05) is 13.7 Å². The van der Waals surface area contributed by atoms with Gasteiger partial charge in [0.15, 0.2) is 0 Å². The molecule has 1 aromatic carbocycles. The molecule has 1 aromatic rings. The molecule has 0 aliphatic carbocycles. The first-order valence-electron chi connectivity index (χ1n) is 4.86. The van der Waals surface area contributed by atoms with Gasteiger partial charge >= 0.3 is 0 Å². The molecule has 0 bridgehead atoms. The molecule has 0 radical (unpaired) electrons. The standard InChI is InChI=1S/C11H16ClNO2/c1-7(3-4-13)9-5-8(15-2)6-10(12)11(9)14/h5-7,14H,3-4,13H2,1-2H3. The van der Waals surface area contributed by atoms with Crippen LogP contribution in [-0.2, 0) is 0 Å². The number of phenols is 1. The highest BCUT2D eigenvalue weighted by Crippen LogP contribution is 2.37. The van der Waals surface area contributed by atoms with Crippen molar-refractivity contribution in [2.45, 2.75) is 19.3 Å². The van der Waals surface area contributed by atoms with Gasteiger partial charge in [0.2, 0.25) is 0 Å². The number of ether oxygens (including phenoxy) is 1. The van der Waals surface area contributed by atoms with Crippen molar-refractivity contribution in [1.29, 1.82) is 0 Å². The fraction of sp³-hybridized carbons (Fsp3) is 0.455. The van der Waals surface area contributed by atoms with Crippen LogP contribution in [0.25, 0.3) is 0 Å². The molecule has 0 spiro atoms. The Morgan fingerprint density at radius 3 is 2.73 bits per heavy atom. The minimum Gasteiger partial charge on any atom is -0.506 e. The fourth-order valence-electron chi connectivity index (χ4n) is 1.49. The highest BCUT2D eigenvalue weighted by Gasteiger charge is 2.14. The summed E-state index contributed by atoms with van der Waals surface area (Å²) in [4.78, 5) is 0. The Morgan fingerprint density at radius 1 is 1.53 bits per heavy atom. The van der Waals surface area contributed by atoms with Crippen LogP contribution in [0.3, 0.4) is 0 Å². The Labute approximate surface area is 94.8 Å². The lowest BCUT2D eigenvalue weighted by molar-refractivity contribution is 0.409. The fourth-order valence-corrected chi connectivity index (χ4v) is 1.71. The topological polar surface area (TPSA) is 55.5 Å². The van der Waals surface area contributed by atoms with E-state index in [0.717, 1.165) is 12.0 Å². The lowest BCUT2D eigenvalue weighted by atomic mass is 9.96. The number of methoxy groups -OCH3 is 1. The van der Waals surface area contributed by atoms with Gasteiger partial charge in [-0.2, -0.15) is 0 Å². The predicted octanol–water partition coefficient (Wildman–Crippen LogP) is 2.51. The van der Waals surface area contributed by atoms with Gasteiger partial charge in [-0.3, -0.25) is 0 Å². The van der Waals surface area contributed by atoms with E-state index in [9.17, 15) is 5.11 Å². The van der Waals surface area contributed by atoms with Crippen LogP contribution in [0.5, 0.6) is 11.5 Å². The normalized spacial score (nSPS) is 12.5. The Kier molecular flexibility index (Phi) is 4.24. The molecule has 0 saturated heterocycles. The van der Waals surface area contributed by atoms with Crippen LogP contribution in [-0.4, -0.2) is 18.8 Å². The van der Waals surface area contributed by atoms with Crippen molar-refractivity contribution in [3.05, 3.63) is 22.7 Å². The van der Waals surface area contributed by atoms with Crippen molar-refractivity contribution < 1.29 is 9.84 Å². The summed E-state index contributed by atoms with van der Waals surface area (Å²) in [6.07, 6.45) is 0.803. The van der Waals surface area contributed by atoms with Crippen LogP contribution in [0.15, 0.2) is 12.1 Å². The molecule has 3 nitrogen and oxygen atoms in total. The van der Waals surface area contributed by atoms with Gasteiger partial charge in [-0.1, -0.05) is 18.5 Å². The van der Waals surface area contributed by atoms with E-state index in [2.05, 4.69) is 0 Å². The lowest BCUT2D eigenvalue weighted by Gasteiger charge is -2.14. The molecule has 15 heavy (non-hydrogen) atoms. The lowest BCUT2D eigenvalue weighted by Crippen LogP contribution is -2.05. The highest BCUT2D eigenvalue weighted by molar-refractivity contribution is 6.32. The van der Waals surface area contributed by atoms with E-state index in [-0.39, 0.29) is 11.7 Å². The maximum absolute atomic E-state index is 9.79. The molecule has 84 valence electrons. The van der Waals surface area contributed by atoms with E-state index >= 15 is 0 Å². The maximum atomic E-state index is 9.79. The Hall–Kier alpha value is -0.930. The number of rotatable bonds is 4. The molecule has 1 unspecified atom stereocenters. The van der Waals surface area contributed by atoms with Gasteiger partial charge in [0, 0.05) is 11.6 Å². The van der Waals surface area contributed by atoms with Gasteiger partial charge in [0.05, 0.1) is 12.1 Å². The third-order valence-corrected chi connectivity index (χ3v) is 2.72. The molecule has 0 aliphatic rings. The van der Waals surface area contributed by atoms with Gasteiger partial charge in [0.1, 0.15) is 11.5 Å². The van der Waals surface area contributed by atoms with Gasteiger partial charge in [-0.25, -0.2) is 0 Å². The number of hydrogen-bond acceptors (Lipinski definition) is 3. The number of halogens is 1. The second-order valence-electron chi connectivity index (χ2n) is 3.53. The molecule has 0 aliphatic heterocycles. The van der Waals surface area contributed by atoms with Crippen molar-refractivity contribution in [3.8, 4) is 11.5 Å². The van der Waals surface area contributed by atoms with E-state index < -0.39 is 0 Å². The second-order valence-corrected chi connectivity index (χ2v) is 3.93. The Balaban J connectivity index is 3.09. The zero-order valence-electron chi connectivity index (χ0n) is 8.96. The minimum absolute atomic E-state index is 0.124. The average Bonchev–Trinajstić information content (AvgIpc) is 2.22. The molecule has 0 heterocycles. The molecule has 1 atom stereocenters. The predicted molar refractivity (Wildman–Crippen MR) is 61.8 cm³/mol. The summed E-state index contributed by atoms with van der Waals surface area (Å²) in [5.41, 5.74) is 6.26. The van der Waals surface area contributed by atoms with E-state index in [1.54, 1.807) is 19.2 Å². The van der Waals surface area contributed by atoms with Gasteiger partial charge < -0.3 is 15.6 Å². The average molecular weight is 230 g/mol. The Bertz CT molecular complexity index is 342. The van der Waals surface area contributed by atoms with Crippen molar-refractivity contribution in [2.24, 2.45) is 5.73 Å². The highest BCUT2D eigenvalue weighted by atomic mass is 35.5. The van der Waals surface area contributed by atoms with E-state index in [1.165, 1.54) is 0 Å². The summed E-state index contributed by atoms with van der Waals surface area (Å²) in [5, 5.41) is 10.1. The largest absolute Gasteiger partial charge is 0.506 e. The molecular formula is C11H16ClNO2. The first-order chi connectivity index (χ1) is 7.10. The molecule has 4 heteroatoms. The van der Waals surface area contributed by atoms with Gasteiger partial charge in [0.25, 0.3) is 0 Å². The number of benzene rings is 1. The van der Waals surface area contributed by atoms with Crippen LogP contribution in [0.1, 0.15) is 24.8 Å². The maximum Gasteiger partial charge on any atom is 0.137 e. The first-order valence-corrected chi connectivity index (χ1v) is 5.24. The SMILES string of the molecule is COc1cc(Cl)c(O)c(C(C)CCN)c1. The molecule has 0 aromatic heterocycles. The summed E-state index contributed by atoms with van der Waals surface area (Å²) >= 11 is 5.88. The molecular weight excluding hydrogens is 214 g/mol. The van der Waals surface area contributed by atoms with Gasteiger partial charge in [-0.15, -0.1) is 0 Å². The van der Waals surface area contributed by atoms with Crippen LogP contribution in [0.4, 0.5) is 0 Å². The minimum atomic E-state index is 0.124. The number of phenolic OH excluding ortho intramolecular Hbond substituents is 1. The third-order valence-electron chi connectivity index (χ3n) is 2.43.